The Morgan fingerprint density at radius 1 is 1.25 bits per heavy atom. The highest BCUT2D eigenvalue weighted by Gasteiger charge is 2.09. The van der Waals surface area contributed by atoms with Gasteiger partial charge in [0.15, 0.2) is 0 Å². The summed E-state index contributed by atoms with van der Waals surface area (Å²) < 4.78 is 5.23. The number of carbonyl (C=O) groups is 1. The van der Waals surface area contributed by atoms with Crippen LogP contribution in [-0.2, 0) is 4.74 Å². The SMILES string of the molecule is CCCCOC(=O)c1ccc2c(ccc3cn[nH]c32)c1. The Morgan fingerprint density at radius 2 is 2.10 bits per heavy atom. The smallest absolute Gasteiger partial charge is 0.338 e. The van der Waals surface area contributed by atoms with Crippen LogP contribution in [0.4, 0.5) is 0 Å². The zero-order chi connectivity index (χ0) is 13.9. The first-order valence-electron chi connectivity index (χ1n) is 6.82. The second-order valence-electron chi connectivity index (χ2n) is 4.83. The van der Waals surface area contributed by atoms with Gasteiger partial charge in [0.2, 0.25) is 0 Å². The number of ether oxygens (including phenoxy) is 1. The summed E-state index contributed by atoms with van der Waals surface area (Å²) in [5, 5.41) is 10.2. The van der Waals surface area contributed by atoms with E-state index in [1.165, 1.54) is 0 Å². The van der Waals surface area contributed by atoms with Gasteiger partial charge >= 0.3 is 5.97 Å². The molecule has 3 aromatic rings. The van der Waals surface area contributed by atoms with Gasteiger partial charge in [-0.1, -0.05) is 31.5 Å². The molecule has 20 heavy (non-hydrogen) atoms. The Bertz CT molecular complexity index is 761. The van der Waals surface area contributed by atoms with Crippen molar-refractivity contribution in [3.05, 3.63) is 42.1 Å². The highest BCUT2D eigenvalue weighted by Crippen LogP contribution is 2.24. The molecule has 0 aliphatic rings. The lowest BCUT2D eigenvalue weighted by Gasteiger charge is -2.05. The van der Waals surface area contributed by atoms with Crippen molar-refractivity contribution in [1.82, 2.24) is 10.2 Å². The highest BCUT2D eigenvalue weighted by atomic mass is 16.5. The maximum absolute atomic E-state index is 11.9. The fraction of sp³-hybridized carbons (Fsp3) is 0.250. The molecule has 2 aromatic carbocycles. The number of nitrogens with one attached hydrogen (secondary N) is 1. The number of hydrogen-bond acceptors (Lipinski definition) is 3. The minimum absolute atomic E-state index is 0.259. The molecular weight excluding hydrogens is 252 g/mol. The molecule has 0 spiro atoms. The Morgan fingerprint density at radius 3 is 2.95 bits per heavy atom. The molecule has 0 bridgehead atoms. The zero-order valence-electron chi connectivity index (χ0n) is 11.3. The molecule has 0 saturated carbocycles. The van der Waals surface area contributed by atoms with Crippen LogP contribution in [0.3, 0.4) is 0 Å². The molecule has 1 heterocycles. The molecule has 0 radical (unpaired) electrons. The van der Waals surface area contributed by atoms with Crippen LogP contribution >= 0.6 is 0 Å². The number of rotatable bonds is 4. The monoisotopic (exact) mass is 268 g/mol. The number of benzene rings is 2. The normalized spacial score (nSPS) is 11.1. The molecule has 0 atom stereocenters. The lowest BCUT2D eigenvalue weighted by atomic mass is 10.0. The first-order valence-corrected chi connectivity index (χ1v) is 6.82. The fourth-order valence-corrected chi connectivity index (χ4v) is 2.26. The third kappa shape index (κ3) is 2.25. The van der Waals surface area contributed by atoms with Crippen molar-refractivity contribution in [3.63, 3.8) is 0 Å². The number of H-pyrrole nitrogens is 1. The highest BCUT2D eigenvalue weighted by molar-refractivity contribution is 6.07. The van der Waals surface area contributed by atoms with Gasteiger partial charge in [0.05, 0.1) is 23.9 Å². The number of aromatic nitrogens is 2. The molecule has 4 heteroatoms. The zero-order valence-corrected chi connectivity index (χ0v) is 11.3. The van der Waals surface area contributed by atoms with E-state index in [-0.39, 0.29) is 5.97 Å². The number of unbranched alkanes of at least 4 members (excludes halogenated alkanes) is 1. The van der Waals surface area contributed by atoms with Crippen molar-refractivity contribution >= 4 is 27.6 Å². The fourth-order valence-electron chi connectivity index (χ4n) is 2.26. The van der Waals surface area contributed by atoms with Crippen molar-refractivity contribution < 1.29 is 9.53 Å². The van der Waals surface area contributed by atoms with Gasteiger partial charge in [-0.05, 0) is 23.9 Å². The summed E-state index contributed by atoms with van der Waals surface area (Å²) in [4.78, 5) is 11.9. The summed E-state index contributed by atoms with van der Waals surface area (Å²) in [5.74, 6) is -0.259. The van der Waals surface area contributed by atoms with Crippen LogP contribution in [0, 0.1) is 0 Å². The van der Waals surface area contributed by atoms with Crippen LogP contribution in [0.15, 0.2) is 36.5 Å². The second kappa shape index (κ2) is 5.33. The van der Waals surface area contributed by atoms with E-state index in [2.05, 4.69) is 17.1 Å². The standard InChI is InChI=1S/C16H16N2O2/c1-2-3-8-20-16(19)12-6-7-14-11(9-12)4-5-13-10-17-18-15(13)14/h4-7,9-10H,2-3,8H2,1H3,(H,17,18). The topological polar surface area (TPSA) is 55.0 Å². The number of nitrogens with zero attached hydrogens (tertiary/aromatic N) is 1. The minimum Gasteiger partial charge on any atom is -0.462 e. The number of hydrogen-bond donors (Lipinski definition) is 1. The quantitative estimate of drug-likeness (QED) is 0.580. The van der Waals surface area contributed by atoms with Crippen LogP contribution in [-0.4, -0.2) is 22.8 Å². The molecule has 0 aliphatic carbocycles. The second-order valence-corrected chi connectivity index (χ2v) is 4.83. The van der Waals surface area contributed by atoms with Crippen LogP contribution in [0.2, 0.25) is 0 Å². The molecule has 0 fully saturated rings. The van der Waals surface area contributed by atoms with E-state index < -0.39 is 0 Å². The van der Waals surface area contributed by atoms with Crippen LogP contribution < -0.4 is 0 Å². The van der Waals surface area contributed by atoms with E-state index in [0.717, 1.165) is 34.5 Å². The van der Waals surface area contributed by atoms with Crippen LogP contribution in [0.5, 0.6) is 0 Å². The van der Waals surface area contributed by atoms with E-state index >= 15 is 0 Å². The predicted octanol–water partition coefficient (Wildman–Crippen LogP) is 3.67. The average Bonchev–Trinajstić information content (AvgIpc) is 2.95. The molecule has 1 N–H and O–H groups in total. The molecule has 0 aliphatic heterocycles. The van der Waals surface area contributed by atoms with Crippen LogP contribution in [0.1, 0.15) is 30.1 Å². The molecule has 0 saturated heterocycles. The van der Waals surface area contributed by atoms with E-state index in [1.807, 2.05) is 24.3 Å². The molecule has 0 unspecified atom stereocenters. The number of fused-ring (bicyclic) bond motifs is 3. The van der Waals surface area contributed by atoms with Gasteiger partial charge in [-0.15, -0.1) is 0 Å². The van der Waals surface area contributed by atoms with Gasteiger partial charge in [-0.2, -0.15) is 5.10 Å². The van der Waals surface area contributed by atoms with Crippen molar-refractivity contribution in [2.24, 2.45) is 0 Å². The van der Waals surface area contributed by atoms with Gasteiger partial charge in [-0.3, -0.25) is 5.10 Å². The van der Waals surface area contributed by atoms with Gasteiger partial charge in [0.25, 0.3) is 0 Å². The Balaban J connectivity index is 1.94. The van der Waals surface area contributed by atoms with Crippen molar-refractivity contribution in [2.75, 3.05) is 6.61 Å². The largest absolute Gasteiger partial charge is 0.462 e. The van der Waals surface area contributed by atoms with Gasteiger partial charge in [0.1, 0.15) is 0 Å². The van der Waals surface area contributed by atoms with Crippen molar-refractivity contribution in [1.29, 1.82) is 0 Å². The Labute approximate surface area is 116 Å². The van der Waals surface area contributed by atoms with Crippen molar-refractivity contribution in [3.8, 4) is 0 Å². The molecule has 4 nitrogen and oxygen atoms in total. The summed E-state index contributed by atoms with van der Waals surface area (Å²) in [6, 6.07) is 9.59. The predicted molar refractivity (Wildman–Crippen MR) is 78.8 cm³/mol. The first kappa shape index (κ1) is 12.7. The van der Waals surface area contributed by atoms with Gasteiger partial charge < -0.3 is 4.74 Å². The first-order chi connectivity index (χ1) is 9.79. The molecular formula is C16H16N2O2. The van der Waals surface area contributed by atoms with Crippen LogP contribution in [0.25, 0.3) is 21.7 Å². The van der Waals surface area contributed by atoms with E-state index in [9.17, 15) is 4.79 Å². The van der Waals surface area contributed by atoms with E-state index in [4.69, 9.17) is 4.74 Å². The summed E-state index contributed by atoms with van der Waals surface area (Å²) >= 11 is 0. The third-order valence-electron chi connectivity index (χ3n) is 3.40. The summed E-state index contributed by atoms with van der Waals surface area (Å²) in [6.45, 7) is 2.55. The van der Waals surface area contributed by atoms with Crippen molar-refractivity contribution in [2.45, 2.75) is 19.8 Å². The molecule has 3 rings (SSSR count). The molecule has 0 amide bonds. The maximum atomic E-state index is 11.9. The molecule has 102 valence electrons. The maximum Gasteiger partial charge on any atom is 0.338 e. The van der Waals surface area contributed by atoms with E-state index in [0.29, 0.717) is 12.2 Å². The molecule has 1 aromatic heterocycles. The number of carbonyl (C=O) groups excluding carboxylic acids is 1. The summed E-state index contributed by atoms with van der Waals surface area (Å²) in [6.07, 6.45) is 3.71. The van der Waals surface area contributed by atoms with Gasteiger partial charge in [-0.25, -0.2) is 4.79 Å². The lowest BCUT2D eigenvalue weighted by Crippen LogP contribution is -2.06. The lowest BCUT2D eigenvalue weighted by molar-refractivity contribution is 0.0500. The van der Waals surface area contributed by atoms with E-state index in [1.54, 1.807) is 12.3 Å². The average molecular weight is 268 g/mol. The third-order valence-corrected chi connectivity index (χ3v) is 3.40. The van der Waals surface area contributed by atoms with Gasteiger partial charge in [0, 0.05) is 10.8 Å². The Hall–Kier alpha value is -2.36. The minimum atomic E-state index is -0.259. The summed E-state index contributed by atoms with van der Waals surface area (Å²) in [7, 11) is 0. The summed E-state index contributed by atoms with van der Waals surface area (Å²) in [5.41, 5.74) is 1.58. The number of esters is 1. The number of aromatic amines is 1. The Kier molecular flexibility index (Phi) is 3.37.